The van der Waals surface area contributed by atoms with Crippen LogP contribution in [0, 0.1) is 0 Å². The normalized spacial score (nSPS) is 22.9. The summed E-state index contributed by atoms with van der Waals surface area (Å²) in [4.78, 5) is 24.4. The second-order valence-corrected chi connectivity index (χ2v) is 7.55. The Hall–Kier alpha value is -1.57. The van der Waals surface area contributed by atoms with Crippen molar-refractivity contribution >= 4 is 28.3 Å². The van der Waals surface area contributed by atoms with Gasteiger partial charge >= 0.3 is 0 Å². The predicted octanol–water partition coefficient (Wildman–Crippen LogP) is 0.855. The van der Waals surface area contributed by atoms with E-state index in [9.17, 15) is 18.4 Å². The molecule has 7 heteroatoms. The van der Waals surface area contributed by atoms with Crippen molar-refractivity contribution in [1.82, 2.24) is 4.31 Å². The van der Waals surface area contributed by atoms with Crippen LogP contribution < -0.4 is 4.90 Å². The van der Waals surface area contributed by atoms with Crippen molar-refractivity contribution in [2.75, 3.05) is 24.5 Å². The van der Waals surface area contributed by atoms with E-state index >= 15 is 0 Å². The number of carbonyl (C=O) groups is 2. The molecule has 1 aliphatic carbocycles. The van der Waals surface area contributed by atoms with Gasteiger partial charge in [0.1, 0.15) is 28.5 Å². The van der Waals surface area contributed by atoms with Crippen LogP contribution in [0.15, 0.2) is 24.3 Å². The zero-order valence-corrected chi connectivity index (χ0v) is 12.3. The van der Waals surface area contributed by atoms with E-state index in [2.05, 4.69) is 0 Å². The van der Waals surface area contributed by atoms with E-state index in [1.165, 1.54) is 4.31 Å². The number of carbonyl (C=O) groups excluding carboxylic acids is 2. The van der Waals surface area contributed by atoms with Gasteiger partial charge in [0.25, 0.3) is 0 Å². The second-order valence-electron chi connectivity index (χ2n) is 5.33. The topological polar surface area (TPSA) is 80.8 Å². The molecule has 1 unspecified atom stereocenters. The minimum atomic E-state index is -3.30. The Kier molecular flexibility index (Phi) is 3.64. The van der Waals surface area contributed by atoms with E-state index in [0.29, 0.717) is 37.2 Å². The maximum atomic E-state index is 12.2. The summed E-state index contributed by atoms with van der Waals surface area (Å²) < 4.78 is 25.6. The summed E-state index contributed by atoms with van der Waals surface area (Å²) in [6.07, 6.45) is 2.14. The average Bonchev–Trinajstić information content (AvgIpc) is 3.32. The molecule has 21 heavy (non-hydrogen) atoms. The van der Waals surface area contributed by atoms with E-state index < -0.39 is 10.4 Å². The maximum Gasteiger partial charge on any atom is 0.245 e. The first-order valence-corrected chi connectivity index (χ1v) is 8.37. The van der Waals surface area contributed by atoms with Gasteiger partial charge in [-0.3, -0.25) is 9.59 Å². The lowest BCUT2D eigenvalue weighted by Gasteiger charge is -2.35. The highest BCUT2D eigenvalue weighted by Crippen LogP contribution is 2.35. The first-order valence-electron chi connectivity index (χ1n) is 6.87. The fourth-order valence-corrected chi connectivity index (χ4v) is 4.23. The number of hydrogen-bond donors (Lipinski definition) is 0. The van der Waals surface area contributed by atoms with Crippen LogP contribution in [0.5, 0.6) is 0 Å². The smallest absolute Gasteiger partial charge is 0.245 e. The molecule has 112 valence electrons. The summed E-state index contributed by atoms with van der Waals surface area (Å²) in [6.45, 7) is 0.555. The molecule has 1 aromatic carbocycles. The highest BCUT2D eigenvalue weighted by molar-refractivity contribution is 7.96. The summed E-state index contributed by atoms with van der Waals surface area (Å²) in [6, 6.07) is 6.69. The molecule has 0 spiro atoms. The summed E-state index contributed by atoms with van der Waals surface area (Å²) in [5.41, 5.74) is 1.23. The van der Waals surface area contributed by atoms with E-state index in [1.807, 2.05) is 0 Å². The lowest BCUT2D eigenvalue weighted by Crippen LogP contribution is -2.55. The number of hydrogen-bond acceptors (Lipinski definition) is 4. The van der Waals surface area contributed by atoms with Crippen LogP contribution >= 0.6 is 0 Å². The first kappa shape index (κ1) is 14.4. The second kappa shape index (κ2) is 5.32. The van der Waals surface area contributed by atoms with Gasteiger partial charge in [-0.15, -0.1) is 4.31 Å². The number of sulfonamides is 1. The fraction of sp³-hybridized carbons (Fsp3) is 0.429. The molecular formula is C14H16N2O4S. The van der Waals surface area contributed by atoms with E-state index in [4.69, 9.17) is 0 Å². The van der Waals surface area contributed by atoms with Crippen LogP contribution in [0.3, 0.4) is 0 Å². The van der Waals surface area contributed by atoms with Crippen LogP contribution in [0.1, 0.15) is 23.2 Å². The number of nitrogens with zero attached hydrogens (tertiary/aromatic N) is 2. The number of aldehydes is 1. The van der Waals surface area contributed by atoms with Crippen molar-refractivity contribution in [2.45, 2.75) is 18.1 Å². The quantitative estimate of drug-likeness (QED) is 0.610. The summed E-state index contributed by atoms with van der Waals surface area (Å²) in [5, 5.41) is -0.288. The van der Waals surface area contributed by atoms with Gasteiger partial charge in [-0.2, -0.15) is 0 Å². The lowest BCUT2D eigenvalue weighted by atomic mass is 10.2. The van der Waals surface area contributed by atoms with Gasteiger partial charge in [0, 0.05) is 30.6 Å². The van der Waals surface area contributed by atoms with Crippen LogP contribution in [0.2, 0.25) is 0 Å². The van der Waals surface area contributed by atoms with Crippen molar-refractivity contribution in [2.24, 2.45) is 0 Å². The number of anilines is 1. The molecule has 0 aromatic heterocycles. The Morgan fingerprint density at radius 3 is 2.38 bits per heavy atom. The van der Waals surface area contributed by atoms with Crippen molar-refractivity contribution in [3.05, 3.63) is 29.8 Å². The van der Waals surface area contributed by atoms with Crippen molar-refractivity contribution in [3.63, 3.8) is 0 Å². The number of rotatable bonds is 4. The highest BCUT2D eigenvalue weighted by atomic mass is 32.3. The molecule has 3 rings (SSSR count). The van der Waals surface area contributed by atoms with E-state index in [1.54, 1.807) is 29.2 Å². The summed E-state index contributed by atoms with van der Waals surface area (Å²) >= 11 is 0. The maximum absolute atomic E-state index is 12.2. The average molecular weight is 308 g/mol. The van der Waals surface area contributed by atoms with E-state index in [0.717, 1.165) is 6.29 Å². The third-order valence-corrected chi connectivity index (χ3v) is 6.18. The number of benzene rings is 1. The Morgan fingerprint density at radius 1 is 1.19 bits per heavy atom. The molecular weight excluding hydrogens is 292 g/mol. The Labute approximate surface area is 124 Å². The molecule has 1 aliphatic heterocycles. The number of piperazine rings is 1. The SMILES string of the molecule is O=Cc1ccc(N2CCN([S+](=O)([O-])C3CC3)CC2=O)cc1. The minimum absolute atomic E-state index is 0.103. The molecule has 0 bridgehead atoms. The van der Waals surface area contributed by atoms with Crippen LogP contribution in [0.25, 0.3) is 0 Å². The monoisotopic (exact) mass is 308 g/mol. The zero-order valence-electron chi connectivity index (χ0n) is 11.4. The molecule has 1 heterocycles. The third kappa shape index (κ3) is 2.76. The van der Waals surface area contributed by atoms with Crippen LogP contribution in [0.4, 0.5) is 5.69 Å². The molecule has 1 saturated heterocycles. The third-order valence-electron chi connectivity index (χ3n) is 3.83. The Balaban J connectivity index is 1.72. The number of amides is 1. The summed E-state index contributed by atoms with van der Waals surface area (Å²) in [7, 11) is -3.30. The minimum Gasteiger partial charge on any atom is -0.597 e. The van der Waals surface area contributed by atoms with Crippen molar-refractivity contribution in [3.8, 4) is 0 Å². The van der Waals surface area contributed by atoms with Crippen LogP contribution in [-0.2, 0) is 19.4 Å². The van der Waals surface area contributed by atoms with Gasteiger partial charge in [0.05, 0.1) is 6.54 Å². The molecule has 2 fully saturated rings. The van der Waals surface area contributed by atoms with Gasteiger partial charge in [-0.1, -0.05) is 4.21 Å². The van der Waals surface area contributed by atoms with Crippen molar-refractivity contribution in [1.29, 1.82) is 0 Å². The fourth-order valence-electron chi connectivity index (χ4n) is 2.45. The van der Waals surface area contributed by atoms with E-state index in [-0.39, 0.29) is 17.7 Å². The first-order chi connectivity index (χ1) is 10.0. The molecule has 0 radical (unpaired) electrons. The van der Waals surface area contributed by atoms with Gasteiger partial charge in [-0.05, 0) is 24.3 Å². The zero-order chi connectivity index (χ0) is 15.0. The summed E-state index contributed by atoms with van der Waals surface area (Å²) in [5.74, 6) is -0.232. The molecule has 1 atom stereocenters. The molecule has 1 saturated carbocycles. The Bertz CT molecular complexity index is 612. The molecule has 0 N–H and O–H groups in total. The Morgan fingerprint density at radius 2 is 1.86 bits per heavy atom. The highest BCUT2D eigenvalue weighted by Gasteiger charge is 2.47. The predicted molar refractivity (Wildman–Crippen MR) is 77.6 cm³/mol. The van der Waals surface area contributed by atoms with Gasteiger partial charge in [0.2, 0.25) is 5.91 Å². The molecule has 6 nitrogen and oxygen atoms in total. The van der Waals surface area contributed by atoms with Crippen molar-refractivity contribution < 1.29 is 18.4 Å². The lowest BCUT2D eigenvalue weighted by molar-refractivity contribution is -0.120. The van der Waals surface area contributed by atoms with Crippen LogP contribution in [-0.4, -0.2) is 45.9 Å². The molecule has 2 aliphatic rings. The van der Waals surface area contributed by atoms with Gasteiger partial charge < -0.3 is 9.45 Å². The standard InChI is InChI=1S/C14H16N2O4S/c17-10-11-1-3-12(4-2-11)16-8-7-15(9-14(16)18)21(19,20)13-5-6-13/h1-4,10,13H,5-9H2. The molecule has 1 aromatic rings. The largest absolute Gasteiger partial charge is 0.597 e. The molecule has 1 amide bonds. The van der Waals surface area contributed by atoms with Gasteiger partial charge in [0.15, 0.2) is 0 Å². The van der Waals surface area contributed by atoms with Gasteiger partial charge in [-0.25, -0.2) is 0 Å².